The fourth-order valence-corrected chi connectivity index (χ4v) is 4.54. The van der Waals surface area contributed by atoms with Crippen molar-refractivity contribution in [3.63, 3.8) is 0 Å². The lowest BCUT2D eigenvalue weighted by atomic mass is 10.0. The first-order chi connectivity index (χ1) is 19.2. The minimum atomic E-state index is -0.864. The molecule has 0 atom stereocenters. The van der Waals surface area contributed by atoms with Crippen LogP contribution in [0.4, 0.5) is 0 Å². The van der Waals surface area contributed by atoms with Gasteiger partial charge in [-0.05, 0) is 87.1 Å². The van der Waals surface area contributed by atoms with Crippen molar-refractivity contribution in [2.45, 2.75) is 65.7 Å². The van der Waals surface area contributed by atoms with Crippen LogP contribution < -0.4 is 14.2 Å². The molecular formula is C32H38O8. The van der Waals surface area contributed by atoms with E-state index in [9.17, 15) is 19.5 Å². The summed E-state index contributed by atoms with van der Waals surface area (Å²) in [6.07, 6.45) is 4.27. The number of phenols is 1. The van der Waals surface area contributed by atoms with Crippen LogP contribution in [0.2, 0.25) is 0 Å². The monoisotopic (exact) mass is 550 g/mol. The molecule has 0 bridgehead atoms. The number of ether oxygens (including phenoxy) is 3. The predicted octanol–water partition coefficient (Wildman–Crippen LogP) is 6.77. The van der Waals surface area contributed by atoms with Gasteiger partial charge in [-0.25, -0.2) is 0 Å². The normalized spacial score (nSPS) is 10.9. The van der Waals surface area contributed by atoms with Crippen LogP contribution >= 0.6 is 0 Å². The maximum Gasteiger partial charge on any atom is 0.303 e. The predicted molar refractivity (Wildman–Crippen MR) is 153 cm³/mol. The van der Waals surface area contributed by atoms with Crippen LogP contribution in [0.25, 0.3) is 10.8 Å². The Morgan fingerprint density at radius 2 is 1.43 bits per heavy atom. The second kappa shape index (κ2) is 14.9. The first kappa shape index (κ1) is 30.5. The molecule has 3 rings (SSSR count). The number of unbranched alkanes of at least 4 members (excludes halogenated alkanes) is 2. The second-order valence-corrected chi connectivity index (χ2v) is 9.73. The lowest BCUT2D eigenvalue weighted by Crippen LogP contribution is -2.06. The summed E-state index contributed by atoms with van der Waals surface area (Å²) in [6.45, 7) is 6.13. The van der Waals surface area contributed by atoms with Crippen molar-refractivity contribution in [1.82, 2.24) is 0 Å². The summed E-state index contributed by atoms with van der Waals surface area (Å²) in [6, 6.07) is 12.5. The average molecular weight is 551 g/mol. The van der Waals surface area contributed by atoms with E-state index in [-0.39, 0.29) is 30.3 Å². The molecule has 0 aliphatic carbocycles. The molecule has 0 amide bonds. The van der Waals surface area contributed by atoms with Crippen LogP contribution in [-0.4, -0.2) is 47.6 Å². The number of phenolic OH excluding ortho intramolecular Hbond substituents is 1. The number of rotatable bonds is 17. The van der Waals surface area contributed by atoms with Crippen molar-refractivity contribution in [1.29, 1.82) is 0 Å². The summed E-state index contributed by atoms with van der Waals surface area (Å²) >= 11 is 0. The summed E-state index contributed by atoms with van der Waals surface area (Å²) in [7, 11) is 0. The molecule has 0 aliphatic rings. The van der Waals surface area contributed by atoms with Gasteiger partial charge in [-0.3, -0.25) is 14.4 Å². The van der Waals surface area contributed by atoms with Gasteiger partial charge in [0.15, 0.2) is 11.6 Å². The minimum Gasteiger partial charge on any atom is -0.507 e. The number of Topliss-reactive ketones (excluding diaryl/α,β-unsaturated/α-hetero) is 2. The van der Waals surface area contributed by atoms with Gasteiger partial charge in [0, 0.05) is 12.0 Å². The van der Waals surface area contributed by atoms with Crippen molar-refractivity contribution >= 4 is 28.3 Å². The fraction of sp³-hybridized carbons (Fsp3) is 0.406. The molecule has 3 aromatic carbocycles. The molecule has 0 radical (unpaired) electrons. The Balaban J connectivity index is 1.54. The average Bonchev–Trinajstić information content (AvgIpc) is 2.91. The molecule has 214 valence electrons. The molecule has 8 nitrogen and oxygen atoms in total. The van der Waals surface area contributed by atoms with Gasteiger partial charge in [-0.1, -0.05) is 25.5 Å². The molecule has 0 aromatic heterocycles. The number of ketones is 2. The Kier molecular flexibility index (Phi) is 11.4. The Morgan fingerprint density at radius 1 is 0.775 bits per heavy atom. The van der Waals surface area contributed by atoms with Crippen molar-refractivity contribution < 1.29 is 38.8 Å². The topological polar surface area (TPSA) is 119 Å². The zero-order chi connectivity index (χ0) is 29.1. The highest BCUT2D eigenvalue weighted by atomic mass is 16.5. The summed E-state index contributed by atoms with van der Waals surface area (Å²) in [4.78, 5) is 35.0. The molecule has 3 aromatic rings. The van der Waals surface area contributed by atoms with Crippen molar-refractivity contribution in [3.05, 3.63) is 59.2 Å². The van der Waals surface area contributed by atoms with E-state index in [0.29, 0.717) is 60.0 Å². The first-order valence-electron chi connectivity index (χ1n) is 13.8. The number of hydrogen-bond donors (Lipinski definition) is 2. The largest absolute Gasteiger partial charge is 0.507 e. The van der Waals surface area contributed by atoms with Gasteiger partial charge < -0.3 is 24.4 Å². The van der Waals surface area contributed by atoms with E-state index in [1.807, 2.05) is 25.1 Å². The highest BCUT2D eigenvalue weighted by Gasteiger charge is 2.16. The highest BCUT2D eigenvalue weighted by molar-refractivity contribution is 6.09. The smallest absolute Gasteiger partial charge is 0.303 e. The van der Waals surface area contributed by atoms with Crippen LogP contribution in [0.5, 0.6) is 23.0 Å². The van der Waals surface area contributed by atoms with Crippen molar-refractivity contribution in [3.8, 4) is 23.0 Å². The number of aromatic hydroxyl groups is 1. The number of carboxylic acid groups (broad SMARTS) is 1. The number of fused-ring (bicyclic) bond motifs is 1. The molecule has 0 spiro atoms. The number of aliphatic carboxylic acids is 1. The van der Waals surface area contributed by atoms with Gasteiger partial charge >= 0.3 is 5.97 Å². The molecule has 0 fully saturated rings. The Bertz CT molecular complexity index is 1340. The zero-order valence-electron chi connectivity index (χ0n) is 23.5. The van der Waals surface area contributed by atoms with Crippen molar-refractivity contribution in [2.75, 3.05) is 19.8 Å². The molecule has 0 heterocycles. The van der Waals surface area contributed by atoms with Crippen molar-refractivity contribution in [2.24, 2.45) is 0 Å². The minimum absolute atomic E-state index is 0.00813. The second-order valence-electron chi connectivity index (χ2n) is 9.73. The number of hydrogen-bond acceptors (Lipinski definition) is 7. The third-order valence-corrected chi connectivity index (χ3v) is 6.53. The number of carboxylic acids is 1. The quantitative estimate of drug-likeness (QED) is 0.140. The summed E-state index contributed by atoms with van der Waals surface area (Å²) in [5, 5.41) is 20.9. The third-order valence-electron chi connectivity index (χ3n) is 6.53. The molecule has 0 aliphatic heterocycles. The van der Waals surface area contributed by atoms with Gasteiger partial charge in [-0.2, -0.15) is 0 Å². The van der Waals surface area contributed by atoms with E-state index in [1.54, 1.807) is 24.3 Å². The van der Waals surface area contributed by atoms with Crippen LogP contribution in [0.15, 0.2) is 42.5 Å². The van der Waals surface area contributed by atoms with Gasteiger partial charge in [0.1, 0.15) is 23.0 Å². The van der Waals surface area contributed by atoms with Gasteiger partial charge in [0.05, 0.1) is 30.9 Å². The molecule has 40 heavy (non-hydrogen) atoms. The highest BCUT2D eigenvalue weighted by Crippen LogP contribution is 2.34. The van der Waals surface area contributed by atoms with E-state index in [2.05, 4.69) is 0 Å². The van der Waals surface area contributed by atoms with E-state index in [1.165, 1.54) is 13.8 Å². The van der Waals surface area contributed by atoms with Gasteiger partial charge in [0.2, 0.25) is 0 Å². The maximum absolute atomic E-state index is 12.6. The molecule has 0 saturated carbocycles. The van der Waals surface area contributed by atoms with E-state index in [0.717, 1.165) is 36.5 Å². The number of carbonyl (C=O) groups is 3. The maximum atomic E-state index is 12.6. The molecule has 8 heteroatoms. The van der Waals surface area contributed by atoms with Gasteiger partial charge in [-0.15, -0.1) is 0 Å². The van der Waals surface area contributed by atoms with Crippen LogP contribution in [0.3, 0.4) is 0 Å². The molecule has 2 N–H and O–H groups in total. The summed E-state index contributed by atoms with van der Waals surface area (Å²) < 4.78 is 17.6. The molecular weight excluding hydrogens is 512 g/mol. The molecule has 0 saturated heterocycles. The SMILES string of the molecule is CCCc1c(OCCCCCOc2ccc3ccc(OCCCC(=O)O)cc3c2C(C)=O)ccc(C(C)=O)c1O. The van der Waals surface area contributed by atoms with Crippen LogP contribution in [0, 0.1) is 0 Å². The number of carbonyl (C=O) groups excluding carboxylic acids is 2. The lowest BCUT2D eigenvalue weighted by Gasteiger charge is -2.15. The van der Waals surface area contributed by atoms with Crippen LogP contribution in [-0.2, 0) is 11.2 Å². The first-order valence-corrected chi connectivity index (χ1v) is 13.8. The summed E-state index contributed by atoms with van der Waals surface area (Å²) in [5.74, 6) is 0.550. The Hall–Kier alpha value is -4.07. The Morgan fingerprint density at radius 3 is 2.08 bits per heavy atom. The van der Waals surface area contributed by atoms with E-state index in [4.69, 9.17) is 19.3 Å². The molecule has 0 unspecified atom stereocenters. The number of benzene rings is 3. The van der Waals surface area contributed by atoms with Crippen LogP contribution in [0.1, 0.15) is 85.6 Å². The van der Waals surface area contributed by atoms with E-state index >= 15 is 0 Å². The standard InChI is InChI=1S/C32H38O8/c1-4-9-26-28(16-14-25(21(2)33)32(26)37)39-17-6-5-7-18-40-29-15-12-23-11-13-24(38-19-8-10-30(35)36)20-27(23)31(29)22(3)34/h11-16,20,37H,4-10,17-19H2,1-3H3,(H,35,36). The Labute approximate surface area is 234 Å². The zero-order valence-corrected chi connectivity index (χ0v) is 23.5. The lowest BCUT2D eigenvalue weighted by molar-refractivity contribution is -0.137. The third kappa shape index (κ3) is 8.21. The summed E-state index contributed by atoms with van der Waals surface area (Å²) in [5.41, 5.74) is 1.47. The fourth-order valence-electron chi connectivity index (χ4n) is 4.54. The van der Waals surface area contributed by atoms with Gasteiger partial charge in [0.25, 0.3) is 0 Å². The van der Waals surface area contributed by atoms with E-state index < -0.39 is 5.97 Å².